The highest BCUT2D eigenvalue weighted by Crippen LogP contribution is 2.39. The van der Waals surface area contributed by atoms with E-state index in [0.29, 0.717) is 17.4 Å². The number of H-pyrrole nitrogens is 1. The molecule has 2 amide bonds. The van der Waals surface area contributed by atoms with E-state index in [1.807, 2.05) is 30.5 Å². The number of carbonyl (C=O) groups is 2. The molecule has 1 aliphatic heterocycles. The van der Waals surface area contributed by atoms with Crippen molar-refractivity contribution in [3.05, 3.63) is 36.0 Å². The zero-order chi connectivity index (χ0) is 18.3. The van der Waals surface area contributed by atoms with Gasteiger partial charge in [-0.1, -0.05) is 19.9 Å². The number of amides is 2. The summed E-state index contributed by atoms with van der Waals surface area (Å²) in [5.41, 5.74) is 1.65. The topological polar surface area (TPSA) is 74.0 Å². The van der Waals surface area contributed by atoms with E-state index in [1.165, 1.54) is 0 Å². The van der Waals surface area contributed by atoms with Gasteiger partial charge in [0.05, 0.1) is 0 Å². The van der Waals surface area contributed by atoms with E-state index in [4.69, 9.17) is 0 Å². The van der Waals surface area contributed by atoms with Gasteiger partial charge < -0.3 is 15.6 Å². The average molecular weight is 353 g/mol. The lowest BCUT2D eigenvalue weighted by Gasteiger charge is -2.46. The van der Waals surface area contributed by atoms with Crippen molar-refractivity contribution in [1.82, 2.24) is 15.6 Å². The normalized spacial score (nSPS) is 31.3. The lowest BCUT2D eigenvalue weighted by atomic mass is 9.67. The maximum absolute atomic E-state index is 12.7. The molecule has 1 aromatic heterocycles. The van der Waals surface area contributed by atoms with Gasteiger partial charge in [-0.05, 0) is 61.1 Å². The van der Waals surface area contributed by atoms with E-state index in [-0.39, 0.29) is 29.8 Å². The Hall–Kier alpha value is -2.30. The molecule has 1 saturated heterocycles. The highest BCUT2D eigenvalue weighted by atomic mass is 16.2. The molecule has 5 heteroatoms. The number of fused-ring (bicyclic) bond motifs is 2. The molecule has 2 fully saturated rings. The van der Waals surface area contributed by atoms with Gasteiger partial charge in [0.1, 0.15) is 0 Å². The van der Waals surface area contributed by atoms with Gasteiger partial charge in [-0.3, -0.25) is 9.59 Å². The van der Waals surface area contributed by atoms with E-state index >= 15 is 0 Å². The summed E-state index contributed by atoms with van der Waals surface area (Å²) in [6.45, 7) is 4.31. The van der Waals surface area contributed by atoms with Crippen LogP contribution in [0.1, 0.15) is 49.9 Å². The molecular formula is C21H27N3O2. The Balaban J connectivity index is 1.42. The lowest BCUT2D eigenvalue weighted by Crippen LogP contribution is -2.58. The maximum atomic E-state index is 12.7. The molecule has 3 N–H and O–H groups in total. The van der Waals surface area contributed by atoms with E-state index in [0.717, 1.165) is 36.6 Å². The van der Waals surface area contributed by atoms with E-state index in [9.17, 15) is 9.59 Å². The molecule has 5 nitrogen and oxygen atoms in total. The Morgan fingerprint density at radius 3 is 2.92 bits per heavy atom. The first-order valence-corrected chi connectivity index (χ1v) is 9.75. The van der Waals surface area contributed by atoms with Crippen LogP contribution < -0.4 is 10.6 Å². The van der Waals surface area contributed by atoms with Crippen molar-refractivity contribution in [2.45, 2.75) is 51.6 Å². The third kappa shape index (κ3) is 3.00. The number of hydrogen-bond donors (Lipinski definition) is 3. The first-order chi connectivity index (χ1) is 12.6. The van der Waals surface area contributed by atoms with Crippen molar-refractivity contribution in [3.63, 3.8) is 0 Å². The monoisotopic (exact) mass is 353 g/mol. The van der Waals surface area contributed by atoms with Gasteiger partial charge in [0.2, 0.25) is 5.91 Å². The number of benzene rings is 1. The van der Waals surface area contributed by atoms with Gasteiger partial charge in [0.25, 0.3) is 5.91 Å². The summed E-state index contributed by atoms with van der Waals surface area (Å²) in [7, 11) is 0. The molecule has 0 radical (unpaired) electrons. The summed E-state index contributed by atoms with van der Waals surface area (Å²) in [5.74, 6) is 1.23. The third-order valence-electron chi connectivity index (χ3n) is 6.47. The molecule has 138 valence electrons. The molecule has 1 aliphatic carbocycles. The van der Waals surface area contributed by atoms with Crippen LogP contribution in [0.4, 0.5) is 0 Å². The van der Waals surface area contributed by atoms with Gasteiger partial charge in [0.15, 0.2) is 0 Å². The zero-order valence-electron chi connectivity index (χ0n) is 15.4. The summed E-state index contributed by atoms with van der Waals surface area (Å²) in [4.78, 5) is 28.1. The number of carbonyl (C=O) groups excluding carboxylic acids is 2. The summed E-state index contributed by atoms with van der Waals surface area (Å²) in [6.07, 6.45) is 5.65. The van der Waals surface area contributed by atoms with Crippen LogP contribution in [0.2, 0.25) is 0 Å². The molecule has 2 heterocycles. The SMILES string of the molecule is CCC1C(=O)NC2CC(NC(=O)c3ccc4cc[nH]c4c3)CCC2C1C. The Labute approximate surface area is 153 Å². The van der Waals surface area contributed by atoms with Crippen molar-refractivity contribution in [3.8, 4) is 0 Å². The van der Waals surface area contributed by atoms with Gasteiger partial charge in [-0.2, -0.15) is 0 Å². The van der Waals surface area contributed by atoms with Gasteiger partial charge >= 0.3 is 0 Å². The fraction of sp³-hybridized carbons (Fsp3) is 0.524. The summed E-state index contributed by atoms with van der Waals surface area (Å²) in [5, 5.41) is 7.50. The molecule has 0 bridgehead atoms. The van der Waals surface area contributed by atoms with Crippen molar-refractivity contribution >= 4 is 22.7 Å². The molecule has 1 saturated carbocycles. The second-order valence-corrected chi connectivity index (χ2v) is 7.92. The van der Waals surface area contributed by atoms with E-state index in [1.54, 1.807) is 0 Å². The number of aromatic amines is 1. The molecule has 2 aliphatic rings. The van der Waals surface area contributed by atoms with Crippen LogP contribution in [-0.2, 0) is 4.79 Å². The summed E-state index contributed by atoms with van der Waals surface area (Å²) in [6, 6.07) is 8.03. The van der Waals surface area contributed by atoms with Crippen LogP contribution in [0.3, 0.4) is 0 Å². The number of hydrogen-bond acceptors (Lipinski definition) is 2. The average Bonchev–Trinajstić information content (AvgIpc) is 3.09. The Morgan fingerprint density at radius 2 is 2.12 bits per heavy atom. The fourth-order valence-electron chi connectivity index (χ4n) is 4.96. The molecule has 1 aromatic carbocycles. The minimum Gasteiger partial charge on any atom is -0.361 e. The first-order valence-electron chi connectivity index (χ1n) is 9.75. The van der Waals surface area contributed by atoms with Crippen LogP contribution in [0.25, 0.3) is 10.9 Å². The van der Waals surface area contributed by atoms with Crippen LogP contribution in [-0.4, -0.2) is 28.9 Å². The molecule has 5 atom stereocenters. The second kappa shape index (κ2) is 6.78. The highest BCUT2D eigenvalue weighted by Gasteiger charge is 2.43. The molecular weight excluding hydrogens is 326 g/mol. The number of rotatable bonds is 3. The molecule has 4 rings (SSSR count). The van der Waals surface area contributed by atoms with Gasteiger partial charge in [0, 0.05) is 35.3 Å². The first kappa shape index (κ1) is 17.1. The molecule has 2 aromatic rings. The van der Waals surface area contributed by atoms with Crippen molar-refractivity contribution in [2.75, 3.05) is 0 Å². The molecule has 26 heavy (non-hydrogen) atoms. The summed E-state index contributed by atoms with van der Waals surface area (Å²) < 4.78 is 0. The zero-order valence-corrected chi connectivity index (χ0v) is 15.4. The maximum Gasteiger partial charge on any atom is 0.251 e. The predicted molar refractivity (Wildman–Crippen MR) is 102 cm³/mol. The Bertz CT molecular complexity index is 828. The number of piperidine rings is 1. The quantitative estimate of drug-likeness (QED) is 0.792. The van der Waals surface area contributed by atoms with E-state index < -0.39 is 0 Å². The smallest absolute Gasteiger partial charge is 0.251 e. The van der Waals surface area contributed by atoms with Gasteiger partial charge in [-0.25, -0.2) is 0 Å². The minimum absolute atomic E-state index is 0.0356. The van der Waals surface area contributed by atoms with Crippen LogP contribution >= 0.6 is 0 Å². The summed E-state index contributed by atoms with van der Waals surface area (Å²) >= 11 is 0. The number of aromatic nitrogens is 1. The number of nitrogens with one attached hydrogen (secondary N) is 3. The largest absolute Gasteiger partial charge is 0.361 e. The van der Waals surface area contributed by atoms with Crippen molar-refractivity contribution in [1.29, 1.82) is 0 Å². The van der Waals surface area contributed by atoms with Gasteiger partial charge in [-0.15, -0.1) is 0 Å². The van der Waals surface area contributed by atoms with Crippen molar-refractivity contribution < 1.29 is 9.59 Å². The fourth-order valence-corrected chi connectivity index (χ4v) is 4.96. The third-order valence-corrected chi connectivity index (χ3v) is 6.47. The van der Waals surface area contributed by atoms with Crippen LogP contribution in [0.15, 0.2) is 30.5 Å². The molecule has 0 spiro atoms. The van der Waals surface area contributed by atoms with E-state index in [2.05, 4.69) is 29.5 Å². The lowest BCUT2D eigenvalue weighted by molar-refractivity contribution is -0.133. The van der Waals surface area contributed by atoms with Crippen molar-refractivity contribution in [2.24, 2.45) is 17.8 Å². The second-order valence-electron chi connectivity index (χ2n) is 7.92. The predicted octanol–water partition coefficient (Wildman–Crippen LogP) is 3.23. The highest BCUT2D eigenvalue weighted by molar-refractivity contribution is 5.98. The van der Waals surface area contributed by atoms with Crippen LogP contribution in [0, 0.1) is 17.8 Å². The Morgan fingerprint density at radius 1 is 1.27 bits per heavy atom. The standard InChI is InChI=1S/C21H27N3O2/c1-3-16-12(2)17-7-6-15(11-19(17)24-21(16)26)23-20(25)14-5-4-13-8-9-22-18(13)10-14/h4-5,8-10,12,15-17,19,22H,3,6-7,11H2,1-2H3,(H,23,25)(H,24,26). The molecule has 5 unspecified atom stereocenters. The van der Waals surface area contributed by atoms with Crippen LogP contribution in [0.5, 0.6) is 0 Å². The minimum atomic E-state index is -0.0356. The Kier molecular flexibility index (Phi) is 4.47.